The van der Waals surface area contributed by atoms with Crippen LogP contribution in [0.3, 0.4) is 0 Å². The van der Waals surface area contributed by atoms with Crippen LogP contribution < -0.4 is 10.6 Å². The zero-order chi connectivity index (χ0) is 12.7. The molecule has 0 aliphatic carbocycles. The van der Waals surface area contributed by atoms with Gasteiger partial charge in [0.2, 0.25) is 5.91 Å². The van der Waals surface area contributed by atoms with E-state index < -0.39 is 0 Å². The van der Waals surface area contributed by atoms with Gasteiger partial charge >= 0.3 is 0 Å². The highest BCUT2D eigenvalue weighted by molar-refractivity contribution is 5.84. The molecule has 0 radical (unpaired) electrons. The molecule has 1 unspecified atom stereocenters. The van der Waals surface area contributed by atoms with E-state index in [0.29, 0.717) is 13.2 Å². The van der Waals surface area contributed by atoms with Crippen molar-refractivity contribution in [2.24, 2.45) is 0 Å². The molecule has 1 amide bonds. The summed E-state index contributed by atoms with van der Waals surface area (Å²) < 4.78 is 5.12. The minimum Gasteiger partial charge on any atom is -0.380 e. The molecule has 0 heterocycles. The van der Waals surface area contributed by atoms with Crippen molar-refractivity contribution in [3.63, 3.8) is 0 Å². The Labute approximate surface area is 102 Å². The predicted octanol–water partition coefficient (Wildman–Crippen LogP) is 1.77. The van der Waals surface area contributed by atoms with Gasteiger partial charge in [-0.2, -0.15) is 0 Å². The van der Waals surface area contributed by atoms with Gasteiger partial charge in [-0.3, -0.25) is 4.79 Å². The molecule has 0 aromatic heterocycles. The van der Waals surface area contributed by atoms with Crippen molar-refractivity contribution in [3.8, 4) is 0 Å². The molecule has 0 aliphatic rings. The molecule has 0 spiro atoms. The van der Waals surface area contributed by atoms with Crippen molar-refractivity contribution in [3.05, 3.63) is 29.8 Å². The maximum absolute atomic E-state index is 11.6. The number of amides is 1. The lowest BCUT2D eigenvalue weighted by atomic mass is 10.1. The molecule has 1 aromatic rings. The quantitative estimate of drug-likeness (QED) is 0.791. The number of carbonyl (C=O) groups is 1. The molecule has 94 valence electrons. The number of methoxy groups -OCH3 is 1. The first kappa shape index (κ1) is 13.5. The van der Waals surface area contributed by atoms with Gasteiger partial charge in [-0.05, 0) is 19.9 Å². The summed E-state index contributed by atoms with van der Waals surface area (Å²) in [7, 11) is 1.66. The maximum Gasteiger partial charge on any atom is 0.242 e. The largest absolute Gasteiger partial charge is 0.380 e. The lowest BCUT2D eigenvalue weighted by Crippen LogP contribution is -2.37. The third kappa shape index (κ3) is 4.07. The highest BCUT2D eigenvalue weighted by Gasteiger charge is 2.12. The molecule has 4 nitrogen and oxygen atoms in total. The first-order valence-corrected chi connectivity index (χ1v) is 5.80. The van der Waals surface area contributed by atoms with Crippen LogP contribution in [0.5, 0.6) is 0 Å². The molecular weight excluding hydrogens is 216 g/mol. The van der Waals surface area contributed by atoms with Gasteiger partial charge in [-0.1, -0.05) is 18.2 Å². The molecule has 1 aromatic carbocycles. The minimum atomic E-state index is -0.257. The molecule has 17 heavy (non-hydrogen) atoms. The van der Waals surface area contributed by atoms with Crippen molar-refractivity contribution in [2.75, 3.05) is 19.0 Å². The Morgan fingerprint density at radius 3 is 2.76 bits per heavy atom. The van der Waals surface area contributed by atoms with Gasteiger partial charge in [0.15, 0.2) is 0 Å². The van der Waals surface area contributed by atoms with Gasteiger partial charge in [-0.15, -0.1) is 0 Å². The van der Waals surface area contributed by atoms with E-state index in [1.165, 1.54) is 0 Å². The van der Waals surface area contributed by atoms with Crippen LogP contribution in [-0.4, -0.2) is 25.6 Å². The van der Waals surface area contributed by atoms with Gasteiger partial charge in [0.05, 0.1) is 6.61 Å². The highest BCUT2D eigenvalue weighted by Crippen LogP contribution is 2.16. The van der Waals surface area contributed by atoms with E-state index in [-0.39, 0.29) is 11.9 Å². The number of ether oxygens (including phenoxy) is 1. The first-order chi connectivity index (χ1) is 8.19. The molecule has 1 rings (SSSR count). The second-order valence-electron chi connectivity index (χ2n) is 3.85. The number of nitrogens with one attached hydrogen (secondary N) is 2. The number of rotatable bonds is 6. The second-order valence-corrected chi connectivity index (χ2v) is 3.85. The van der Waals surface area contributed by atoms with Crippen molar-refractivity contribution in [1.29, 1.82) is 0 Å². The van der Waals surface area contributed by atoms with Crippen molar-refractivity contribution in [1.82, 2.24) is 5.32 Å². The topological polar surface area (TPSA) is 50.4 Å². The van der Waals surface area contributed by atoms with E-state index in [1.807, 2.05) is 38.1 Å². The van der Waals surface area contributed by atoms with E-state index in [1.54, 1.807) is 7.11 Å². The summed E-state index contributed by atoms with van der Waals surface area (Å²) in [6, 6.07) is 7.57. The molecule has 0 bridgehead atoms. The monoisotopic (exact) mass is 236 g/mol. The fourth-order valence-electron chi connectivity index (χ4n) is 1.57. The van der Waals surface area contributed by atoms with E-state index in [0.717, 1.165) is 11.3 Å². The number of benzene rings is 1. The van der Waals surface area contributed by atoms with Crippen LogP contribution in [-0.2, 0) is 16.1 Å². The number of likely N-dealkylation sites (N-methyl/N-ethyl adjacent to an activating group) is 1. The number of hydrogen-bond donors (Lipinski definition) is 2. The second kappa shape index (κ2) is 6.91. The van der Waals surface area contributed by atoms with Crippen LogP contribution in [0.15, 0.2) is 24.3 Å². The predicted molar refractivity (Wildman–Crippen MR) is 68.9 cm³/mol. The summed E-state index contributed by atoms with van der Waals surface area (Å²) in [5.74, 6) is -0.000259. The molecular formula is C13H20N2O2. The lowest BCUT2D eigenvalue weighted by molar-refractivity contribution is -0.121. The fraction of sp³-hybridized carbons (Fsp3) is 0.462. The third-order valence-corrected chi connectivity index (χ3v) is 2.43. The lowest BCUT2D eigenvalue weighted by Gasteiger charge is -2.17. The Morgan fingerprint density at radius 1 is 1.41 bits per heavy atom. The summed E-state index contributed by atoms with van der Waals surface area (Å²) >= 11 is 0. The molecule has 1 atom stereocenters. The molecule has 0 saturated heterocycles. The Bertz CT molecular complexity index is 366. The van der Waals surface area contributed by atoms with Gasteiger partial charge in [0, 0.05) is 24.9 Å². The maximum atomic E-state index is 11.6. The normalized spacial score (nSPS) is 11.9. The highest BCUT2D eigenvalue weighted by atomic mass is 16.5. The smallest absolute Gasteiger partial charge is 0.242 e. The average Bonchev–Trinajstić information content (AvgIpc) is 2.32. The minimum absolute atomic E-state index is 0.000259. The van der Waals surface area contributed by atoms with Crippen LogP contribution in [0.1, 0.15) is 19.4 Å². The van der Waals surface area contributed by atoms with Crippen LogP contribution in [0.2, 0.25) is 0 Å². The zero-order valence-electron chi connectivity index (χ0n) is 10.6. The summed E-state index contributed by atoms with van der Waals surface area (Å²) in [5.41, 5.74) is 1.99. The van der Waals surface area contributed by atoms with Crippen LogP contribution in [0.25, 0.3) is 0 Å². The number of anilines is 1. The molecule has 0 saturated carbocycles. The Balaban J connectivity index is 2.70. The standard InChI is InChI=1S/C13H20N2O2/c1-4-14-13(16)10(2)15-12-8-6-5-7-11(12)9-17-3/h5-8,10,15H,4,9H2,1-3H3,(H,14,16). The van der Waals surface area contributed by atoms with Crippen LogP contribution in [0.4, 0.5) is 5.69 Å². The van der Waals surface area contributed by atoms with Crippen molar-refractivity contribution >= 4 is 11.6 Å². The van der Waals surface area contributed by atoms with E-state index in [4.69, 9.17) is 4.74 Å². The molecule has 2 N–H and O–H groups in total. The summed E-state index contributed by atoms with van der Waals surface area (Å²) in [4.78, 5) is 11.6. The Kier molecular flexibility index (Phi) is 5.49. The van der Waals surface area contributed by atoms with E-state index in [2.05, 4.69) is 10.6 Å². The third-order valence-electron chi connectivity index (χ3n) is 2.43. The summed E-state index contributed by atoms with van der Waals surface area (Å²) in [5, 5.41) is 5.97. The Hall–Kier alpha value is -1.55. The van der Waals surface area contributed by atoms with E-state index >= 15 is 0 Å². The number of para-hydroxylation sites is 1. The first-order valence-electron chi connectivity index (χ1n) is 5.80. The molecule has 4 heteroatoms. The number of hydrogen-bond acceptors (Lipinski definition) is 3. The fourth-order valence-corrected chi connectivity index (χ4v) is 1.57. The van der Waals surface area contributed by atoms with Gasteiger partial charge < -0.3 is 15.4 Å². The molecule has 0 fully saturated rings. The summed E-state index contributed by atoms with van der Waals surface area (Å²) in [6.45, 7) is 4.92. The van der Waals surface area contributed by atoms with Gasteiger partial charge in [0.25, 0.3) is 0 Å². The Morgan fingerprint density at radius 2 is 2.12 bits per heavy atom. The summed E-state index contributed by atoms with van der Waals surface area (Å²) in [6.07, 6.45) is 0. The SMILES string of the molecule is CCNC(=O)C(C)Nc1ccccc1COC. The van der Waals surface area contributed by atoms with Gasteiger partial charge in [0.1, 0.15) is 6.04 Å². The van der Waals surface area contributed by atoms with Crippen LogP contribution >= 0.6 is 0 Å². The number of carbonyl (C=O) groups excluding carboxylic acids is 1. The zero-order valence-corrected chi connectivity index (χ0v) is 10.6. The van der Waals surface area contributed by atoms with Crippen LogP contribution in [0, 0.1) is 0 Å². The van der Waals surface area contributed by atoms with Crippen molar-refractivity contribution < 1.29 is 9.53 Å². The molecule has 0 aliphatic heterocycles. The van der Waals surface area contributed by atoms with Gasteiger partial charge in [-0.25, -0.2) is 0 Å². The van der Waals surface area contributed by atoms with Crippen molar-refractivity contribution in [2.45, 2.75) is 26.5 Å². The average molecular weight is 236 g/mol. The van der Waals surface area contributed by atoms with E-state index in [9.17, 15) is 4.79 Å².